The Balaban J connectivity index is 2.46. The fourth-order valence-electron chi connectivity index (χ4n) is 2.51. The van der Waals surface area contributed by atoms with Gasteiger partial charge in [0.25, 0.3) is 0 Å². The van der Waals surface area contributed by atoms with E-state index in [1.807, 2.05) is 18.2 Å². The van der Waals surface area contributed by atoms with Gasteiger partial charge in [-0.25, -0.2) is 0 Å². The van der Waals surface area contributed by atoms with Crippen molar-refractivity contribution < 1.29 is 10.0 Å². The number of carbonyl (C=O) groups is 1. The zero-order chi connectivity index (χ0) is 17.0. The second-order valence-electron chi connectivity index (χ2n) is 5.27. The normalized spacial score (nSPS) is 15.9. The van der Waals surface area contributed by atoms with Gasteiger partial charge in [-0.05, 0) is 49.7 Å². The number of rotatable bonds is 3. The summed E-state index contributed by atoms with van der Waals surface area (Å²) in [5.74, 6) is 0.105. The van der Waals surface area contributed by atoms with E-state index in [2.05, 4.69) is 15.7 Å². The molecule has 0 radical (unpaired) electrons. The molecule has 2 rings (SSSR count). The third-order valence-electron chi connectivity index (χ3n) is 3.70. The van der Waals surface area contributed by atoms with Crippen molar-refractivity contribution >= 4 is 40.3 Å². The number of hydrazone groups is 1. The highest BCUT2D eigenvalue weighted by atomic mass is 32.1. The Kier molecular flexibility index (Phi) is 5.28. The van der Waals surface area contributed by atoms with E-state index in [1.165, 1.54) is 0 Å². The van der Waals surface area contributed by atoms with Gasteiger partial charge < -0.3 is 15.8 Å². The molecule has 4 N–H and O–H groups in total. The van der Waals surface area contributed by atoms with Crippen LogP contribution in [0.1, 0.15) is 30.9 Å². The molecule has 1 aliphatic heterocycles. The van der Waals surface area contributed by atoms with Crippen LogP contribution in [0.5, 0.6) is 0 Å². The highest BCUT2D eigenvalue weighted by molar-refractivity contribution is 7.80. The third kappa shape index (κ3) is 3.84. The van der Waals surface area contributed by atoms with E-state index in [4.69, 9.17) is 23.2 Å². The van der Waals surface area contributed by atoms with Crippen molar-refractivity contribution in [3.05, 3.63) is 29.3 Å². The number of thiocarbonyl (C=S) groups is 1. The molecule has 122 valence electrons. The monoisotopic (exact) mass is 333 g/mol. The molecule has 0 saturated carbocycles. The summed E-state index contributed by atoms with van der Waals surface area (Å²) in [5.41, 5.74) is 11.3. The molecular weight excluding hydrogens is 314 g/mol. The summed E-state index contributed by atoms with van der Waals surface area (Å²) in [6, 6.07) is 5.64. The minimum atomic E-state index is 0.0216. The molecular formula is C15H19N5O2S. The first kappa shape index (κ1) is 16.9. The van der Waals surface area contributed by atoms with Crippen molar-refractivity contribution in [3.8, 4) is 0 Å². The van der Waals surface area contributed by atoms with E-state index in [0.717, 1.165) is 29.7 Å². The second-order valence-corrected chi connectivity index (χ2v) is 5.71. The van der Waals surface area contributed by atoms with E-state index >= 15 is 0 Å². The molecule has 23 heavy (non-hydrogen) atoms. The smallest absolute Gasteiger partial charge is 0.226 e. The number of nitrogens with two attached hydrogens (primary N) is 1. The van der Waals surface area contributed by atoms with Crippen LogP contribution < -0.4 is 16.1 Å². The fourth-order valence-corrected chi connectivity index (χ4v) is 2.55. The number of fused-ring (bicyclic) bond motifs is 1. The van der Waals surface area contributed by atoms with Crippen molar-refractivity contribution in [2.24, 2.45) is 16.0 Å². The molecule has 0 fully saturated rings. The molecule has 0 atom stereocenters. The maximum atomic E-state index is 11.9. The summed E-state index contributed by atoms with van der Waals surface area (Å²) in [6.07, 6.45) is 2.12. The SMILES string of the molecule is CC(=NO)C(=NNC(N)=S)c1ccc2c(c1)CCCC(=O)N2C. The number of hydrogen-bond donors (Lipinski definition) is 3. The Morgan fingerprint density at radius 2 is 2.17 bits per heavy atom. The number of hydrogen-bond acceptors (Lipinski definition) is 5. The van der Waals surface area contributed by atoms with Gasteiger partial charge in [-0.2, -0.15) is 5.10 Å². The maximum Gasteiger partial charge on any atom is 0.226 e. The molecule has 1 aromatic carbocycles. The summed E-state index contributed by atoms with van der Waals surface area (Å²) >= 11 is 4.74. The van der Waals surface area contributed by atoms with Gasteiger partial charge in [0, 0.05) is 24.7 Å². The molecule has 0 aliphatic carbocycles. The van der Waals surface area contributed by atoms with Gasteiger partial charge in [0.2, 0.25) is 5.91 Å². The highest BCUT2D eigenvalue weighted by Crippen LogP contribution is 2.27. The first-order valence-corrected chi connectivity index (χ1v) is 7.57. The largest absolute Gasteiger partial charge is 0.411 e. The van der Waals surface area contributed by atoms with E-state index in [1.54, 1.807) is 18.9 Å². The summed E-state index contributed by atoms with van der Waals surface area (Å²) < 4.78 is 0. The summed E-state index contributed by atoms with van der Waals surface area (Å²) in [5, 5.41) is 16.4. The Labute approximate surface area is 139 Å². The molecule has 7 nitrogen and oxygen atoms in total. The average Bonchev–Trinajstić information content (AvgIpc) is 2.66. The Hall–Kier alpha value is -2.48. The molecule has 1 aromatic rings. The maximum absolute atomic E-state index is 11.9. The lowest BCUT2D eigenvalue weighted by atomic mass is 10.00. The van der Waals surface area contributed by atoms with Gasteiger partial charge in [0.1, 0.15) is 11.4 Å². The number of carbonyl (C=O) groups excluding carboxylic acids is 1. The quantitative estimate of drug-likeness (QED) is 0.335. The first-order chi connectivity index (χ1) is 10.9. The highest BCUT2D eigenvalue weighted by Gasteiger charge is 2.20. The second kappa shape index (κ2) is 7.19. The van der Waals surface area contributed by atoms with Crippen LogP contribution in [0.4, 0.5) is 5.69 Å². The van der Waals surface area contributed by atoms with E-state index < -0.39 is 0 Å². The average molecular weight is 333 g/mol. The van der Waals surface area contributed by atoms with Crippen LogP contribution in [-0.4, -0.2) is 34.7 Å². The molecule has 0 unspecified atom stereocenters. The Morgan fingerprint density at radius 3 is 2.83 bits per heavy atom. The van der Waals surface area contributed by atoms with Crippen LogP contribution in [0.3, 0.4) is 0 Å². The number of nitrogens with zero attached hydrogens (tertiary/aromatic N) is 3. The number of oxime groups is 1. The first-order valence-electron chi connectivity index (χ1n) is 7.16. The van der Waals surface area contributed by atoms with Gasteiger partial charge in [-0.3, -0.25) is 10.2 Å². The number of amides is 1. The minimum Gasteiger partial charge on any atom is -0.411 e. The zero-order valence-corrected chi connectivity index (χ0v) is 13.9. The zero-order valence-electron chi connectivity index (χ0n) is 13.0. The lowest BCUT2D eigenvalue weighted by molar-refractivity contribution is -0.118. The van der Waals surface area contributed by atoms with Gasteiger partial charge in [-0.15, -0.1) is 0 Å². The Bertz CT molecular complexity index is 699. The summed E-state index contributed by atoms with van der Waals surface area (Å²) in [4.78, 5) is 13.6. The lowest BCUT2D eigenvalue weighted by Crippen LogP contribution is -2.28. The van der Waals surface area contributed by atoms with Crippen molar-refractivity contribution in [2.45, 2.75) is 26.2 Å². The molecule has 1 heterocycles. The summed E-state index contributed by atoms with van der Waals surface area (Å²) in [6.45, 7) is 1.63. The third-order valence-corrected chi connectivity index (χ3v) is 3.79. The van der Waals surface area contributed by atoms with E-state index in [9.17, 15) is 4.79 Å². The van der Waals surface area contributed by atoms with Crippen LogP contribution in [0.25, 0.3) is 0 Å². The molecule has 0 aromatic heterocycles. The fraction of sp³-hybridized carbons (Fsp3) is 0.333. The number of anilines is 1. The Morgan fingerprint density at radius 1 is 1.43 bits per heavy atom. The van der Waals surface area contributed by atoms with Gasteiger partial charge >= 0.3 is 0 Å². The van der Waals surface area contributed by atoms with Gasteiger partial charge in [0.05, 0.1) is 0 Å². The topological polar surface area (TPSA) is 103 Å². The van der Waals surface area contributed by atoms with Crippen LogP contribution in [0.2, 0.25) is 0 Å². The van der Waals surface area contributed by atoms with E-state index in [0.29, 0.717) is 17.8 Å². The molecule has 8 heteroatoms. The number of nitrogens with one attached hydrogen (secondary N) is 1. The van der Waals surface area contributed by atoms with Crippen LogP contribution in [-0.2, 0) is 11.2 Å². The number of aryl methyl sites for hydroxylation is 1. The van der Waals surface area contributed by atoms with Crippen molar-refractivity contribution in [3.63, 3.8) is 0 Å². The number of benzene rings is 1. The van der Waals surface area contributed by atoms with Crippen LogP contribution in [0, 0.1) is 0 Å². The molecule has 1 aliphatic rings. The van der Waals surface area contributed by atoms with Gasteiger partial charge in [0.15, 0.2) is 5.11 Å². The van der Waals surface area contributed by atoms with Crippen molar-refractivity contribution in [1.29, 1.82) is 0 Å². The molecule has 1 amide bonds. The van der Waals surface area contributed by atoms with E-state index in [-0.39, 0.29) is 11.0 Å². The lowest BCUT2D eigenvalue weighted by Gasteiger charge is -2.18. The minimum absolute atomic E-state index is 0.0216. The van der Waals surface area contributed by atoms with Crippen LogP contribution >= 0.6 is 12.2 Å². The van der Waals surface area contributed by atoms with Crippen molar-refractivity contribution in [2.75, 3.05) is 11.9 Å². The summed E-state index contributed by atoms with van der Waals surface area (Å²) in [7, 11) is 1.77. The van der Waals surface area contributed by atoms with Crippen molar-refractivity contribution in [1.82, 2.24) is 5.43 Å². The predicted molar refractivity (Wildman–Crippen MR) is 94.1 cm³/mol. The predicted octanol–water partition coefficient (Wildman–Crippen LogP) is 1.37. The molecule has 0 spiro atoms. The molecule has 0 bridgehead atoms. The van der Waals surface area contributed by atoms with Crippen LogP contribution in [0.15, 0.2) is 28.5 Å². The standard InChI is InChI=1S/C15H19N5O2S/c1-9(19-22)14(17-18-15(16)23)11-6-7-12-10(8-11)4-3-5-13(21)20(12)2/h6-8,22H,3-5H2,1-2H3,(H3,16,18,23). The molecule has 0 saturated heterocycles. The van der Waals surface area contributed by atoms with Gasteiger partial charge in [-0.1, -0.05) is 11.2 Å².